The van der Waals surface area contributed by atoms with E-state index in [1.807, 2.05) is 19.1 Å². The molecule has 0 spiro atoms. The molecule has 1 heterocycles. The van der Waals surface area contributed by atoms with Gasteiger partial charge in [0.25, 0.3) is 0 Å². The van der Waals surface area contributed by atoms with Crippen LogP contribution >= 0.6 is 23.4 Å². The first-order chi connectivity index (χ1) is 11.6. The minimum absolute atomic E-state index is 0.0654. The number of aromatic nitrogens is 3. The van der Waals surface area contributed by atoms with Crippen LogP contribution in [0.1, 0.15) is 43.5 Å². The fraction of sp³-hybridized carbons (Fsp3) is 0.471. The molecule has 0 bridgehead atoms. The zero-order valence-corrected chi connectivity index (χ0v) is 15.5. The van der Waals surface area contributed by atoms with Crippen LogP contribution in [0.25, 0.3) is 0 Å². The van der Waals surface area contributed by atoms with Crippen LogP contribution < -0.4 is 5.32 Å². The van der Waals surface area contributed by atoms with Gasteiger partial charge >= 0.3 is 0 Å². The number of rotatable bonds is 7. The second-order valence-corrected chi connectivity index (χ2v) is 7.44. The number of hydrogen-bond acceptors (Lipinski definition) is 4. The summed E-state index contributed by atoms with van der Waals surface area (Å²) < 4.78 is 2.17. The van der Waals surface area contributed by atoms with Gasteiger partial charge in [-0.25, -0.2) is 0 Å². The Labute approximate surface area is 151 Å². The summed E-state index contributed by atoms with van der Waals surface area (Å²) in [7, 11) is 0. The van der Waals surface area contributed by atoms with Gasteiger partial charge < -0.3 is 9.88 Å². The smallest absolute Gasteiger partial charge is 0.234 e. The lowest BCUT2D eigenvalue weighted by molar-refractivity contribution is -0.113. The monoisotopic (exact) mass is 364 g/mol. The first kappa shape index (κ1) is 17.3. The summed E-state index contributed by atoms with van der Waals surface area (Å²) in [5.41, 5.74) is 1.74. The molecule has 0 atom stereocenters. The van der Waals surface area contributed by atoms with Crippen molar-refractivity contribution < 1.29 is 4.79 Å². The van der Waals surface area contributed by atoms with Gasteiger partial charge in [0.15, 0.2) is 5.16 Å². The summed E-state index contributed by atoms with van der Waals surface area (Å²) >= 11 is 7.42. The third-order valence-corrected chi connectivity index (χ3v) is 5.14. The molecule has 1 aliphatic rings. The van der Waals surface area contributed by atoms with E-state index in [2.05, 4.69) is 27.0 Å². The van der Waals surface area contributed by atoms with Crippen molar-refractivity contribution in [2.75, 3.05) is 11.1 Å². The largest absolute Gasteiger partial charge is 0.325 e. The molecule has 24 heavy (non-hydrogen) atoms. The minimum atomic E-state index is -0.0654. The molecular weight excluding hydrogens is 344 g/mol. The van der Waals surface area contributed by atoms with Crippen molar-refractivity contribution in [1.82, 2.24) is 14.8 Å². The quantitative estimate of drug-likeness (QED) is 0.746. The van der Waals surface area contributed by atoms with Crippen LogP contribution in [0, 0.1) is 6.92 Å². The average Bonchev–Trinajstić information content (AvgIpc) is 3.32. The lowest BCUT2D eigenvalue weighted by Crippen LogP contribution is -2.15. The third kappa shape index (κ3) is 4.11. The number of halogens is 1. The van der Waals surface area contributed by atoms with E-state index in [1.165, 1.54) is 24.6 Å². The van der Waals surface area contributed by atoms with E-state index in [4.69, 9.17) is 11.6 Å². The predicted octanol–water partition coefficient (Wildman–Crippen LogP) is 4.26. The number of thioether (sulfide) groups is 1. The number of nitrogens with zero attached hydrogens (tertiary/aromatic N) is 3. The summed E-state index contributed by atoms with van der Waals surface area (Å²) in [4.78, 5) is 12.2. The van der Waals surface area contributed by atoms with Crippen molar-refractivity contribution >= 4 is 35.0 Å². The molecule has 3 rings (SSSR count). The number of anilines is 1. The Kier molecular flexibility index (Phi) is 5.46. The molecule has 1 fully saturated rings. The molecule has 0 aliphatic heterocycles. The zero-order chi connectivity index (χ0) is 17.1. The average molecular weight is 365 g/mol. The van der Waals surface area contributed by atoms with E-state index < -0.39 is 0 Å². The minimum Gasteiger partial charge on any atom is -0.325 e. The molecule has 1 amide bonds. The van der Waals surface area contributed by atoms with Gasteiger partial charge in [0, 0.05) is 23.2 Å². The van der Waals surface area contributed by atoms with Crippen LogP contribution in [-0.2, 0) is 11.3 Å². The highest BCUT2D eigenvalue weighted by Gasteiger charge is 2.30. The molecular formula is C17H21ClN4OS. The predicted molar refractivity (Wildman–Crippen MR) is 97.8 cm³/mol. The van der Waals surface area contributed by atoms with Crippen LogP contribution in [0.15, 0.2) is 23.4 Å². The van der Waals surface area contributed by atoms with E-state index in [0.29, 0.717) is 16.7 Å². The first-order valence-corrected chi connectivity index (χ1v) is 9.56. The maximum atomic E-state index is 12.2. The summed E-state index contributed by atoms with van der Waals surface area (Å²) in [5.74, 6) is 1.87. The van der Waals surface area contributed by atoms with Gasteiger partial charge in [0.05, 0.1) is 5.75 Å². The summed E-state index contributed by atoms with van der Waals surface area (Å²) in [6.07, 6.45) is 3.42. The maximum absolute atomic E-state index is 12.2. The van der Waals surface area contributed by atoms with Gasteiger partial charge in [0.1, 0.15) is 5.82 Å². The molecule has 1 saturated carbocycles. The molecule has 0 unspecified atom stereocenters. The first-order valence-electron chi connectivity index (χ1n) is 8.20. The molecule has 128 valence electrons. The van der Waals surface area contributed by atoms with Gasteiger partial charge in [-0.2, -0.15) is 0 Å². The highest BCUT2D eigenvalue weighted by molar-refractivity contribution is 7.99. The number of aryl methyl sites for hydroxylation is 1. The molecule has 1 aliphatic carbocycles. The van der Waals surface area contributed by atoms with Crippen molar-refractivity contribution in [3.05, 3.63) is 34.6 Å². The van der Waals surface area contributed by atoms with Gasteiger partial charge in [0.2, 0.25) is 5.91 Å². The van der Waals surface area contributed by atoms with Crippen molar-refractivity contribution in [2.45, 2.75) is 50.7 Å². The van der Waals surface area contributed by atoms with Crippen LogP contribution in [0.2, 0.25) is 5.02 Å². The SMILES string of the molecule is CCCn1c(SCC(=O)Nc2cc(Cl)ccc2C)nnc1C1CC1. The lowest BCUT2D eigenvalue weighted by atomic mass is 10.2. The lowest BCUT2D eigenvalue weighted by Gasteiger charge is -2.10. The Hall–Kier alpha value is -1.53. The van der Waals surface area contributed by atoms with E-state index >= 15 is 0 Å². The summed E-state index contributed by atoms with van der Waals surface area (Å²) in [6.45, 7) is 4.98. The summed E-state index contributed by atoms with van der Waals surface area (Å²) in [6, 6.07) is 5.48. The third-order valence-electron chi connectivity index (χ3n) is 3.94. The van der Waals surface area contributed by atoms with E-state index in [1.54, 1.807) is 6.07 Å². The number of carbonyl (C=O) groups excluding carboxylic acids is 1. The number of nitrogens with one attached hydrogen (secondary N) is 1. The Morgan fingerprint density at radius 3 is 2.92 bits per heavy atom. The van der Waals surface area contributed by atoms with Crippen molar-refractivity contribution in [3.8, 4) is 0 Å². The van der Waals surface area contributed by atoms with Crippen LogP contribution in [-0.4, -0.2) is 26.4 Å². The second-order valence-electron chi connectivity index (χ2n) is 6.06. The molecule has 7 heteroatoms. The fourth-order valence-electron chi connectivity index (χ4n) is 2.53. The molecule has 5 nitrogen and oxygen atoms in total. The van der Waals surface area contributed by atoms with E-state index in [0.717, 1.165) is 35.2 Å². The highest BCUT2D eigenvalue weighted by Crippen LogP contribution is 2.40. The molecule has 1 aromatic heterocycles. The Morgan fingerprint density at radius 1 is 1.42 bits per heavy atom. The molecule has 1 N–H and O–H groups in total. The standard InChI is InChI=1S/C17H21ClN4OS/c1-3-8-22-16(12-5-6-12)20-21-17(22)24-10-15(23)19-14-9-13(18)7-4-11(14)2/h4,7,9,12H,3,5-6,8,10H2,1-2H3,(H,19,23). The van der Waals surface area contributed by atoms with Crippen molar-refractivity contribution in [1.29, 1.82) is 0 Å². The van der Waals surface area contributed by atoms with Gasteiger partial charge in [-0.05, 0) is 43.9 Å². The zero-order valence-electron chi connectivity index (χ0n) is 13.9. The number of carbonyl (C=O) groups is 1. The maximum Gasteiger partial charge on any atom is 0.234 e. The summed E-state index contributed by atoms with van der Waals surface area (Å²) in [5, 5.41) is 13.0. The van der Waals surface area contributed by atoms with Gasteiger partial charge in [-0.15, -0.1) is 10.2 Å². The highest BCUT2D eigenvalue weighted by atomic mass is 35.5. The number of hydrogen-bond donors (Lipinski definition) is 1. The molecule has 0 radical (unpaired) electrons. The second kappa shape index (κ2) is 7.57. The normalized spacial score (nSPS) is 14.0. The van der Waals surface area contributed by atoms with Gasteiger partial charge in [-0.1, -0.05) is 36.4 Å². The molecule has 0 saturated heterocycles. The topological polar surface area (TPSA) is 59.8 Å². The van der Waals surface area contributed by atoms with E-state index in [9.17, 15) is 4.79 Å². The number of benzene rings is 1. The molecule has 1 aromatic carbocycles. The fourth-order valence-corrected chi connectivity index (χ4v) is 3.47. The number of amides is 1. The van der Waals surface area contributed by atoms with Gasteiger partial charge in [-0.3, -0.25) is 4.79 Å². The van der Waals surface area contributed by atoms with Crippen LogP contribution in [0.4, 0.5) is 5.69 Å². The van der Waals surface area contributed by atoms with Crippen LogP contribution in [0.5, 0.6) is 0 Å². The van der Waals surface area contributed by atoms with E-state index in [-0.39, 0.29) is 5.91 Å². The van der Waals surface area contributed by atoms with Crippen molar-refractivity contribution in [3.63, 3.8) is 0 Å². The Morgan fingerprint density at radius 2 is 2.21 bits per heavy atom. The van der Waals surface area contributed by atoms with Crippen LogP contribution in [0.3, 0.4) is 0 Å². The van der Waals surface area contributed by atoms with Crippen molar-refractivity contribution in [2.24, 2.45) is 0 Å². The molecule has 2 aromatic rings. The Balaban J connectivity index is 1.63. The Bertz CT molecular complexity index is 742.